The highest BCUT2D eigenvalue weighted by molar-refractivity contribution is 5.80. The van der Waals surface area contributed by atoms with Crippen molar-refractivity contribution in [2.24, 2.45) is 0 Å². The van der Waals surface area contributed by atoms with E-state index in [0.717, 1.165) is 31.1 Å². The Morgan fingerprint density at radius 2 is 1.88 bits per heavy atom. The molecule has 2 aromatic heterocycles. The molecule has 1 aromatic carbocycles. The molecule has 33 heavy (non-hydrogen) atoms. The maximum Gasteiger partial charge on any atom is 0.332 e. The first kappa shape index (κ1) is 24.3. The lowest BCUT2D eigenvalue weighted by molar-refractivity contribution is 0.223. The van der Waals surface area contributed by atoms with E-state index < -0.39 is 0 Å². The topological polar surface area (TPSA) is 81.4 Å². The molecule has 8 nitrogen and oxygen atoms in total. The summed E-state index contributed by atoms with van der Waals surface area (Å²) in [4.78, 5) is 32.5. The van der Waals surface area contributed by atoms with Gasteiger partial charge in [0.15, 0.2) is 0 Å². The second-order valence-corrected chi connectivity index (χ2v) is 8.06. The van der Waals surface area contributed by atoms with Gasteiger partial charge in [0.2, 0.25) is 0 Å². The summed E-state index contributed by atoms with van der Waals surface area (Å²) in [5, 5.41) is 3.64. The van der Waals surface area contributed by atoms with Gasteiger partial charge in [0.25, 0.3) is 5.56 Å². The number of pyridine rings is 1. The first-order chi connectivity index (χ1) is 15.9. The minimum absolute atomic E-state index is 0.125. The number of aromatic nitrogens is 3. The number of hydrogen-bond donors (Lipinski definition) is 1. The predicted molar refractivity (Wildman–Crippen MR) is 134 cm³/mol. The summed E-state index contributed by atoms with van der Waals surface area (Å²) in [6.45, 7) is 15.5. The van der Waals surface area contributed by atoms with Gasteiger partial charge in [0, 0.05) is 37.1 Å². The zero-order chi connectivity index (χ0) is 24.0. The molecule has 3 aromatic rings. The van der Waals surface area contributed by atoms with E-state index in [9.17, 15) is 9.59 Å². The molecule has 1 N–H and O–H groups in total. The third kappa shape index (κ3) is 5.51. The first-order valence-electron chi connectivity index (χ1n) is 11.4. The Labute approximate surface area is 194 Å². The van der Waals surface area contributed by atoms with Crippen LogP contribution >= 0.6 is 0 Å². The smallest absolute Gasteiger partial charge is 0.332 e. The van der Waals surface area contributed by atoms with Crippen LogP contribution in [0, 0.1) is 0 Å². The quantitative estimate of drug-likeness (QED) is 0.447. The Hall–Kier alpha value is -3.39. The molecule has 0 aliphatic heterocycles. The van der Waals surface area contributed by atoms with E-state index in [1.54, 1.807) is 16.7 Å². The normalized spacial score (nSPS) is 11.3. The maximum absolute atomic E-state index is 12.9. The molecule has 0 amide bonds. The second-order valence-electron chi connectivity index (χ2n) is 8.06. The molecule has 0 fully saturated rings. The third-order valence-electron chi connectivity index (χ3n) is 5.58. The van der Waals surface area contributed by atoms with Crippen LogP contribution in [0.25, 0.3) is 10.9 Å². The molecule has 0 aliphatic carbocycles. The number of fused-ring (bicyclic) bond motifs is 1. The summed E-state index contributed by atoms with van der Waals surface area (Å²) in [7, 11) is 0. The number of likely N-dealkylation sites (N-methyl/N-ethyl adjacent to an activating group) is 1. The number of rotatable bonds is 11. The summed E-state index contributed by atoms with van der Waals surface area (Å²) in [5.41, 5.74) is 0.661. The summed E-state index contributed by atoms with van der Waals surface area (Å²) in [5.74, 6) is 1.35. The van der Waals surface area contributed by atoms with Crippen LogP contribution in [0.3, 0.4) is 0 Å². The fraction of sp³-hybridized carbons (Fsp3) is 0.400. The molecule has 0 spiro atoms. The molecule has 3 rings (SSSR count). The zero-order valence-corrected chi connectivity index (χ0v) is 19.9. The summed E-state index contributed by atoms with van der Waals surface area (Å²) in [6.07, 6.45) is 3.06. The average Bonchev–Trinajstić information content (AvgIpc) is 2.80. The van der Waals surface area contributed by atoms with Gasteiger partial charge in [0.05, 0.1) is 10.9 Å². The Kier molecular flexibility index (Phi) is 8.06. The van der Waals surface area contributed by atoms with Crippen LogP contribution in [0.2, 0.25) is 0 Å². The summed E-state index contributed by atoms with van der Waals surface area (Å²) < 4.78 is 8.63. The molecule has 0 bridgehead atoms. The molecule has 176 valence electrons. The van der Waals surface area contributed by atoms with Gasteiger partial charge in [-0.05, 0) is 51.2 Å². The Bertz CT molecular complexity index is 1210. The Morgan fingerprint density at radius 3 is 2.48 bits per heavy atom. The standard InChI is InChI=1S/C25H33N5O3/c1-6-13-29-24(31)21-17-26-23(16-22(21)30(18(4)5)25(29)32)27-19-9-11-20(12-10-19)33-15-14-28(7-2)8-3/h6,9-12,16-18H,1,7-8,13-15H2,2-5H3,(H,26,27). The molecule has 8 heteroatoms. The number of benzene rings is 1. The van der Waals surface area contributed by atoms with E-state index in [4.69, 9.17) is 4.74 Å². The molecule has 0 saturated heterocycles. The van der Waals surface area contributed by atoms with E-state index in [2.05, 4.69) is 35.6 Å². The lowest BCUT2D eigenvalue weighted by Crippen LogP contribution is -2.40. The summed E-state index contributed by atoms with van der Waals surface area (Å²) in [6, 6.07) is 9.25. The molecule has 0 saturated carbocycles. The number of ether oxygens (including phenoxy) is 1. The van der Waals surface area contributed by atoms with Crippen LogP contribution in [0.15, 0.2) is 58.8 Å². The molecule has 0 aliphatic rings. The Morgan fingerprint density at radius 1 is 1.18 bits per heavy atom. The van der Waals surface area contributed by atoms with Crippen molar-refractivity contribution >= 4 is 22.4 Å². The van der Waals surface area contributed by atoms with Gasteiger partial charge in [-0.1, -0.05) is 19.9 Å². The third-order valence-corrected chi connectivity index (χ3v) is 5.58. The molecule has 2 heterocycles. The SMILES string of the molecule is C=CCn1c(=O)c2cnc(Nc3ccc(OCCN(CC)CC)cc3)cc2n(C(C)C)c1=O. The van der Waals surface area contributed by atoms with Gasteiger partial charge in [-0.15, -0.1) is 6.58 Å². The highest BCUT2D eigenvalue weighted by Crippen LogP contribution is 2.22. The van der Waals surface area contributed by atoms with Gasteiger partial charge in [-0.2, -0.15) is 0 Å². The maximum atomic E-state index is 12.9. The fourth-order valence-corrected chi connectivity index (χ4v) is 3.75. The van der Waals surface area contributed by atoms with Crippen molar-refractivity contribution in [1.82, 2.24) is 19.0 Å². The minimum Gasteiger partial charge on any atom is -0.492 e. The highest BCUT2D eigenvalue weighted by atomic mass is 16.5. The fourth-order valence-electron chi connectivity index (χ4n) is 3.75. The first-order valence-corrected chi connectivity index (χ1v) is 11.4. The van der Waals surface area contributed by atoms with Crippen LogP contribution in [0.1, 0.15) is 33.7 Å². The van der Waals surface area contributed by atoms with E-state index in [1.807, 2.05) is 38.1 Å². The minimum atomic E-state index is -0.364. The number of allylic oxidation sites excluding steroid dienone is 1. The van der Waals surface area contributed by atoms with Crippen molar-refractivity contribution in [3.63, 3.8) is 0 Å². The highest BCUT2D eigenvalue weighted by Gasteiger charge is 2.15. The molecule has 0 unspecified atom stereocenters. The van der Waals surface area contributed by atoms with Gasteiger partial charge in [0.1, 0.15) is 18.2 Å². The largest absolute Gasteiger partial charge is 0.492 e. The number of nitrogens with one attached hydrogen (secondary N) is 1. The van der Waals surface area contributed by atoms with Crippen molar-refractivity contribution in [3.8, 4) is 5.75 Å². The lowest BCUT2D eigenvalue weighted by Gasteiger charge is -2.18. The van der Waals surface area contributed by atoms with Crippen molar-refractivity contribution < 1.29 is 4.74 Å². The number of nitrogens with zero attached hydrogens (tertiary/aromatic N) is 4. The van der Waals surface area contributed by atoms with Gasteiger partial charge in [-0.3, -0.25) is 13.9 Å². The molecule has 0 radical (unpaired) electrons. The molecular weight excluding hydrogens is 418 g/mol. The number of hydrogen-bond acceptors (Lipinski definition) is 6. The lowest BCUT2D eigenvalue weighted by atomic mass is 10.2. The van der Waals surface area contributed by atoms with E-state index in [0.29, 0.717) is 23.3 Å². The van der Waals surface area contributed by atoms with Gasteiger partial charge < -0.3 is 15.0 Å². The van der Waals surface area contributed by atoms with Crippen LogP contribution in [0.4, 0.5) is 11.5 Å². The van der Waals surface area contributed by atoms with E-state index in [-0.39, 0.29) is 23.8 Å². The number of anilines is 2. The van der Waals surface area contributed by atoms with Crippen LogP contribution in [0.5, 0.6) is 5.75 Å². The predicted octanol–water partition coefficient (Wildman–Crippen LogP) is 3.79. The van der Waals surface area contributed by atoms with Crippen molar-refractivity contribution in [3.05, 3.63) is 70.0 Å². The van der Waals surface area contributed by atoms with Crippen molar-refractivity contribution in [2.45, 2.75) is 40.3 Å². The molecular formula is C25H33N5O3. The Balaban J connectivity index is 1.83. The average molecular weight is 452 g/mol. The monoisotopic (exact) mass is 451 g/mol. The van der Waals surface area contributed by atoms with Crippen LogP contribution < -0.4 is 21.3 Å². The second kappa shape index (κ2) is 11.0. The van der Waals surface area contributed by atoms with Crippen LogP contribution in [-0.2, 0) is 6.54 Å². The van der Waals surface area contributed by atoms with Crippen LogP contribution in [-0.4, -0.2) is 45.3 Å². The van der Waals surface area contributed by atoms with Gasteiger partial charge in [-0.25, -0.2) is 9.78 Å². The van der Waals surface area contributed by atoms with Crippen molar-refractivity contribution in [1.29, 1.82) is 0 Å². The van der Waals surface area contributed by atoms with Gasteiger partial charge >= 0.3 is 5.69 Å². The molecule has 0 atom stereocenters. The van der Waals surface area contributed by atoms with E-state index in [1.165, 1.54) is 10.8 Å². The zero-order valence-electron chi connectivity index (χ0n) is 19.9. The van der Waals surface area contributed by atoms with E-state index >= 15 is 0 Å². The summed E-state index contributed by atoms with van der Waals surface area (Å²) >= 11 is 0. The van der Waals surface area contributed by atoms with Crippen molar-refractivity contribution in [2.75, 3.05) is 31.6 Å².